The molecule has 6 nitrogen and oxygen atoms in total. The highest BCUT2D eigenvalue weighted by atomic mass is 16.2. The Labute approximate surface area is 133 Å². The van der Waals surface area contributed by atoms with Crippen molar-refractivity contribution in [2.75, 3.05) is 0 Å². The third kappa shape index (κ3) is 2.21. The summed E-state index contributed by atoms with van der Waals surface area (Å²) in [5.74, 6) is 0.704. The van der Waals surface area contributed by atoms with Crippen LogP contribution in [0.1, 0.15) is 47.0 Å². The molecule has 118 valence electrons. The summed E-state index contributed by atoms with van der Waals surface area (Å²) in [6.45, 7) is 1.95. The molecule has 1 aliphatic rings. The van der Waals surface area contributed by atoms with Crippen molar-refractivity contribution in [1.82, 2.24) is 25.1 Å². The van der Waals surface area contributed by atoms with Crippen molar-refractivity contribution < 1.29 is 4.79 Å². The standard InChI is InChI=1S/C17H19N5O/c1-10(16-19-13-7-3-4-9-14(13)22(16)2)18-17(23)15-11-6-5-8-12(11)20-21-15/h3-4,7,9-10H,5-6,8H2,1-2H3,(H,18,23)(H,20,21)/t10-/m1/s1. The van der Waals surface area contributed by atoms with Gasteiger partial charge < -0.3 is 9.88 Å². The second kappa shape index (κ2) is 5.22. The third-order valence-electron chi connectivity index (χ3n) is 4.58. The van der Waals surface area contributed by atoms with Crippen molar-refractivity contribution in [3.8, 4) is 0 Å². The van der Waals surface area contributed by atoms with Crippen LogP contribution in [0.15, 0.2) is 24.3 Å². The summed E-state index contributed by atoms with van der Waals surface area (Å²) in [7, 11) is 1.97. The Hall–Kier alpha value is -2.63. The van der Waals surface area contributed by atoms with E-state index in [0.29, 0.717) is 5.69 Å². The van der Waals surface area contributed by atoms with Crippen LogP contribution >= 0.6 is 0 Å². The Bertz CT molecular complexity index is 892. The lowest BCUT2D eigenvalue weighted by molar-refractivity contribution is 0.0932. The van der Waals surface area contributed by atoms with Crippen LogP contribution < -0.4 is 5.32 Å². The number of carbonyl (C=O) groups is 1. The molecule has 1 aromatic carbocycles. The highest BCUT2D eigenvalue weighted by Gasteiger charge is 2.25. The van der Waals surface area contributed by atoms with Gasteiger partial charge in [-0.2, -0.15) is 5.10 Å². The van der Waals surface area contributed by atoms with Crippen molar-refractivity contribution in [3.63, 3.8) is 0 Å². The summed E-state index contributed by atoms with van der Waals surface area (Å²) >= 11 is 0. The van der Waals surface area contributed by atoms with E-state index in [1.54, 1.807) is 0 Å². The fourth-order valence-corrected chi connectivity index (χ4v) is 3.39. The molecular formula is C17H19N5O. The number of amides is 1. The fraction of sp³-hybridized carbons (Fsp3) is 0.353. The van der Waals surface area contributed by atoms with E-state index in [4.69, 9.17) is 0 Å². The quantitative estimate of drug-likeness (QED) is 0.779. The van der Waals surface area contributed by atoms with Crippen LogP contribution in [0, 0.1) is 0 Å². The highest BCUT2D eigenvalue weighted by molar-refractivity contribution is 5.94. The topological polar surface area (TPSA) is 75.6 Å². The van der Waals surface area contributed by atoms with E-state index in [9.17, 15) is 4.79 Å². The number of fused-ring (bicyclic) bond motifs is 2. The summed E-state index contributed by atoms with van der Waals surface area (Å²) < 4.78 is 2.02. The summed E-state index contributed by atoms with van der Waals surface area (Å²) in [4.78, 5) is 17.2. The van der Waals surface area contributed by atoms with Gasteiger partial charge in [0.05, 0.1) is 17.1 Å². The molecule has 0 bridgehead atoms. The zero-order valence-electron chi connectivity index (χ0n) is 13.3. The SMILES string of the molecule is C[C@@H](NC(=O)c1n[nH]c2c1CCC2)c1nc2ccccc2n1C. The number of aryl methyl sites for hydroxylation is 2. The van der Waals surface area contributed by atoms with Gasteiger partial charge in [-0.05, 0) is 38.3 Å². The number of nitrogens with one attached hydrogen (secondary N) is 2. The smallest absolute Gasteiger partial charge is 0.272 e. The van der Waals surface area contributed by atoms with Crippen LogP contribution in [0.25, 0.3) is 11.0 Å². The van der Waals surface area contributed by atoms with Crippen LogP contribution in [0.4, 0.5) is 0 Å². The predicted molar refractivity (Wildman–Crippen MR) is 87.2 cm³/mol. The van der Waals surface area contributed by atoms with Crippen LogP contribution in [0.2, 0.25) is 0 Å². The maximum Gasteiger partial charge on any atom is 0.272 e. The van der Waals surface area contributed by atoms with Crippen LogP contribution in [0.3, 0.4) is 0 Å². The molecule has 2 aromatic heterocycles. The molecular weight excluding hydrogens is 290 g/mol. The lowest BCUT2D eigenvalue weighted by atomic mass is 10.2. The van der Waals surface area contributed by atoms with Crippen LogP contribution in [-0.2, 0) is 19.9 Å². The zero-order valence-corrected chi connectivity index (χ0v) is 13.3. The Balaban J connectivity index is 1.60. The van der Waals surface area contributed by atoms with E-state index in [2.05, 4.69) is 20.5 Å². The number of imidazole rings is 1. The first-order chi connectivity index (χ1) is 11.1. The molecule has 0 spiro atoms. The molecule has 2 heterocycles. The maximum atomic E-state index is 12.5. The lowest BCUT2D eigenvalue weighted by Crippen LogP contribution is -2.29. The maximum absolute atomic E-state index is 12.5. The van der Waals surface area contributed by atoms with Gasteiger partial charge in [-0.3, -0.25) is 9.89 Å². The monoisotopic (exact) mass is 309 g/mol. The largest absolute Gasteiger partial charge is 0.341 e. The summed E-state index contributed by atoms with van der Waals surface area (Å²) in [5, 5.41) is 10.2. The molecule has 3 aromatic rings. The van der Waals surface area contributed by atoms with Gasteiger partial charge in [0.1, 0.15) is 5.82 Å². The number of aromatic nitrogens is 4. The highest BCUT2D eigenvalue weighted by Crippen LogP contribution is 2.24. The van der Waals surface area contributed by atoms with E-state index in [1.807, 2.05) is 42.8 Å². The van der Waals surface area contributed by atoms with Gasteiger partial charge in [0.15, 0.2) is 5.69 Å². The van der Waals surface area contributed by atoms with Crippen molar-refractivity contribution in [1.29, 1.82) is 0 Å². The second-order valence-corrected chi connectivity index (χ2v) is 6.10. The van der Waals surface area contributed by atoms with Gasteiger partial charge in [0, 0.05) is 18.3 Å². The van der Waals surface area contributed by atoms with E-state index in [1.165, 1.54) is 0 Å². The molecule has 0 fully saturated rings. The number of aromatic amines is 1. The Morgan fingerprint density at radius 1 is 1.35 bits per heavy atom. The third-order valence-corrected chi connectivity index (χ3v) is 4.58. The lowest BCUT2D eigenvalue weighted by Gasteiger charge is -2.13. The minimum absolute atomic E-state index is 0.135. The van der Waals surface area contributed by atoms with E-state index in [0.717, 1.165) is 47.4 Å². The van der Waals surface area contributed by atoms with Gasteiger partial charge in [-0.1, -0.05) is 12.1 Å². The Morgan fingerprint density at radius 2 is 2.17 bits per heavy atom. The molecule has 0 unspecified atom stereocenters. The summed E-state index contributed by atoms with van der Waals surface area (Å²) in [6, 6.07) is 7.78. The molecule has 1 aliphatic carbocycles. The van der Waals surface area contributed by atoms with E-state index < -0.39 is 0 Å². The van der Waals surface area contributed by atoms with Crippen molar-refractivity contribution in [2.45, 2.75) is 32.2 Å². The molecule has 1 atom stereocenters. The number of nitrogens with zero attached hydrogens (tertiary/aromatic N) is 3. The second-order valence-electron chi connectivity index (χ2n) is 6.10. The molecule has 1 amide bonds. The van der Waals surface area contributed by atoms with E-state index in [-0.39, 0.29) is 11.9 Å². The molecule has 6 heteroatoms. The van der Waals surface area contributed by atoms with Crippen molar-refractivity contribution in [3.05, 3.63) is 47.0 Å². The molecule has 23 heavy (non-hydrogen) atoms. The van der Waals surface area contributed by atoms with Gasteiger partial charge >= 0.3 is 0 Å². The number of benzene rings is 1. The van der Waals surface area contributed by atoms with Crippen LogP contribution in [0.5, 0.6) is 0 Å². The number of rotatable bonds is 3. The van der Waals surface area contributed by atoms with Gasteiger partial charge in [0.2, 0.25) is 0 Å². The minimum atomic E-state index is -0.186. The number of carbonyl (C=O) groups excluding carboxylic acids is 1. The average molecular weight is 309 g/mol. The molecule has 2 N–H and O–H groups in total. The first-order valence-electron chi connectivity index (χ1n) is 7.93. The fourth-order valence-electron chi connectivity index (χ4n) is 3.39. The average Bonchev–Trinajstić information content (AvgIpc) is 3.21. The van der Waals surface area contributed by atoms with Crippen molar-refractivity contribution in [2.24, 2.45) is 7.05 Å². The number of H-pyrrole nitrogens is 1. The van der Waals surface area contributed by atoms with E-state index >= 15 is 0 Å². The molecule has 4 rings (SSSR count). The Morgan fingerprint density at radius 3 is 3.00 bits per heavy atom. The predicted octanol–water partition coefficient (Wildman–Crippen LogP) is 2.28. The van der Waals surface area contributed by atoms with Crippen molar-refractivity contribution >= 4 is 16.9 Å². The van der Waals surface area contributed by atoms with Gasteiger partial charge in [0.25, 0.3) is 5.91 Å². The molecule has 0 saturated carbocycles. The first-order valence-corrected chi connectivity index (χ1v) is 7.93. The van der Waals surface area contributed by atoms with Gasteiger partial charge in [-0.15, -0.1) is 0 Å². The number of hydrogen-bond donors (Lipinski definition) is 2. The number of para-hydroxylation sites is 2. The normalized spacial score (nSPS) is 14.9. The zero-order chi connectivity index (χ0) is 16.0. The summed E-state index contributed by atoms with van der Waals surface area (Å²) in [5.41, 5.74) is 4.70. The molecule has 0 saturated heterocycles. The van der Waals surface area contributed by atoms with Crippen LogP contribution in [-0.4, -0.2) is 25.7 Å². The number of hydrogen-bond acceptors (Lipinski definition) is 3. The molecule has 0 radical (unpaired) electrons. The first kappa shape index (κ1) is 14.0. The Kier molecular flexibility index (Phi) is 3.18. The van der Waals surface area contributed by atoms with Gasteiger partial charge in [-0.25, -0.2) is 4.98 Å². The molecule has 0 aliphatic heterocycles. The minimum Gasteiger partial charge on any atom is -0.341 e. The summed E-state index contributed by atoms with van der Waals surface area (Å²) in [6.07, 6.45) is 3.00.